The van der Waals surface area contributed by atoms with Crippen LogP contribution in [0.5, 0.6) is 5.75 Å². The predicted octanol–water partition coefficient (Wildman–Crippen LogP) is 5.01. The molecule has 1 N–H and O–H groups in total. The van der Waals surface area contributed by atoms with Gasteiger partial charge in [-0.2, -0.15) is 5.10 Å². The molecule has 0 unspecified atom stereocenters. The zero-order valence-electron chi connectivity index (χ0n) is 21.8. The van der Waals surface area contributed by atoms with E-state index in [1.807, 2.05) is 59.1 Å². The number of fused-ring (bicyclic) bond motifs is 1. The van der Waals surface area contributed by atoms with Crippen molar-refractivity contribution in [1.82, 2.24) is 24.7 Å². The molecule has 1 saturated heterocycles. The van der Waals surface area contributed by atoms with Crippen LogP contribution < -0.4 is 10.1 Å². The van der Waals surface area contributed by atoms with Crippen LogP contribution in [0.4, 0.5) is 5.69 Å². The lowest BCUT2D eigenvalue weighted by Crippen LogP contribution is -2.25. The minimum Gasteiger partial charge on any atom is -0.492 e. The van der Waals surface area contributed by atoms with Crippen molar-refractivity contribution in [3.05, 3.63) is 95.6 Å². The summed E-state index contributed by atoms with van der Waals surface area (Å²) in [7, 11) is 0. The second-order valence-electron chi connectivity index (χ2n) is 9.79. The van der Waals surface area contributed by atoms with Crippen LogP contribution in [0.1, 0.15) is 40.5 Å². The Hall–Kier alpha value is -4.50. The number of hydrogen-bond acceptors (Lipinski definition) is 7. The monoisotopic (exact) mass is 522 g/mol. The van der Waals surface area contributed by atoms with Crippen LogP contribution in [-0.2, 0) is 6.42 Å². The molecule has 1 fully saturated rings. The van der Waals surface area contributed by atoms with E-state index in [4.69, 9.17) is 19.3 Å². The van der Waals surface area contributed by atoms with Crippen LogP contribution in [-0.4, -0.2) is 56.8 Å². The molecule has 198 valence electrons. The van der Waals surface area contributed by atoms with Crippen molar-refractivity contribution in [2.75, 3.05) is 31.6 Å². The van der Waals surface area contributed by atoms with E-state index in [1.54, 1.807) is 13.0 Å². The highest BCUT2D eigenvalue weighted by molar-refractivity contribution is 6.02. The Morgan fingerprint density at radius 3 is 2.56 bits per heavy atom. The van der Waals surface area contributed by atoms with Crippen LogP contribution in [0.2, 0.25) is 0 Å². The Labute approximate surface area is 226 Å². The zero-order valence-corrected chi connectivity index (χ0v) is 21.8. The van der Waals surface area contributed by atoms with Gasteiger partial charge in [0, 0.05) is 30.3 Å². The van der Waals surface area contributed by atoms with Crippen LogP contribution in [0.15, 0.2) is 77.3 Å². The summed E-state index contributed by atoms with van der Waals surface area (Å²) in [6, 6.07) is 23.3. The first-order chi connectivity index (χ1) is 19.1. The van der Waals surface area contributed by atoms with Crippen molar-refractivity contribution in [2.24, 2.45) is 0 Å². The molecule has 5 aromatic rings. The number of rotatable bonds is 9. The van der Waals surface area contributed by atoms with Gasteiger partial charge in [0.1, 0.15) is 12.4 Å². The Bertz CT molecular complexity index is 1570. The molecule has 39 heavy (non-hydrogen) atoms. The van der Waals surface area contributed by atoms with Gasteiger partial charge in [-0.3, -0.25) is 9.69 Å². The highest BCUT2D eigenvalue weighted by atomic mass is 16.5. The SMILES string of the molecule is Cc1cc(C(=O)Nc2ccc(-c3cccc4nc(Cc5ccc(OCCN6CCCC6)cc5)nn34)cc2)on1. The lowest BCUT2D eigenvalue weighted by molar-refractivity contribution is 0.0988. The van der Waals surface area contributed by atoms with Gasteiger partial charge < -0.3 is 14.6 Å². The van der Waals surface area contributed by atoms with Gasteiger partial charge in [0.15, 0.2) is 11.5 Å². The molecule has 0 spiro atoms. The van der Waals surface area contributed by atoms with E-state index in [1.165, 1.54) is 25.9 Å². The molecule has 6 rings (SSSR count). The summed E-state index contributed by atoms with van der Waals surface area (Å²) in [6.07, 6.45) is 3.22. The number of carbonyl (C=O) groups excluding carboxylic acids is 1. The number of ether oxygens (including phenoxy) is 1. The summed E-state index contributed by atoms with van der Waals surface area (Å²) in [5, 5.41) is 11.4. The van der Waals surface area contributed by atoms with E-state index in [-0.39, 0.29) is 11.7 Å². The van der Waals surface area contributed by atoms with E-state index >= 15 is 0 Å². The molecule has 0 radical (unpaired) electrons. The summed E-state index contributed by atoms with van der Waals surface area (Å²) in [6.45, 7) is 5.83. The van der Waals surface area contributed by atoms with Gasteiger partial charge in [-0.05, 0) is 74.8 Å². The molecule has 9 heteroatoms. The zero-order chi connectivity index (χ0) is 26.6. The molecular formula is C30H30N6O3. The van der Waals surface area contributed by atoms with Crippen LogP contribution in [0, 0.1) is 6.92 Å². The van der Waals surface area contributed by atoms with Gasteiger partial charge in [-0.1, -0.05) is 35.5 Å². The lowest BCUT2D eigenvalue weighted by Gasteiger charge is -2.14. The molecule has 2 aromatic carbocycles. The van der Waals surface area contributed by atoms with Crippen molar-refractivity contribution in [1.29, 1.82) is 0 Å². The van der Waals surface area contributed by atoms with E-state index < -0.39 is 0 Å². The minimum absolute atomic E-state index is 0.177. The minimum atomic E-state index is -0.340. The standard InChI is InChI=1S/C30H30N6O3/c1-21-19-27(39-34-21)30(37)31-24-11-9-23(10-12-24)26-5-4-6-29-32-28(33-36(26)29)20-22-7-13-25(14-8-22)38-18-17-35-15-2-3-16-35/h4-14,19H,2-3,15-18,20H2,1H3,(H,31,37). The fourth-order valence-corrected chi connectivity index (χ4v) is 4.82. The van der Waals surface area contributed by atoms with Gasteiger partial charge in [0.2, 0.25) is 5.76 Å². The highest BCUT2D eigenvalue weighted by Crippen LogP contribution is 2.23. The number of aromatic nitrogens is 4. The molecule has 0 atom stereocenters. The fourth-order valence-electron chi connectivity index (χ4n) is 4.82. The van der Waals surface area contributed by atoms with E-state index in [0.29, 0.717) is 24.4 Å². The molecule has 4 heterocycles. The highest BCUT2D eigenvalue weighted by Gasteiger charge is 2.14. The van der Waals surface area contributed by atoms with Gasteiger partial charge in [-0.15, -0.1) is 0 Å². The molecule has 9 nitrogen and oxygen atoms in total. The van der Waals surface area contributed by atoms with Crippen LogP contribution in [0.25, 0.3) is 16.9 Å². The van der Waals surface area contributed by atoms with E-state index in [0.717, 1.165) is 40.6 Å². The number of likely N-dealkylation sites (tertiary alicyclic amines) is 1. The second-order valence-corrected chi connectivity index (χ2v) is 9.79. The number of nitrogens with one attached hydrogen (secondary N) is 1. The molecule has 0 saturated carbocycles. The van der Waals surface area contributed by atoms with E-state index in [9.17, 15) is 4.79 Å². The maximum Gasteiger partial charge on any atom is 0.294 e. The normalized spacial score (nSPS) is 13.7. The predicted molar refractivity (Wildman–Crippen MR) is 148 cm³/mol. The largest absolute Gasteiger partial charge is 0.492 e. The third-order valence-electron chi connectivity index (χ3n) is 6.85. The summed E-state index contributed by atoms with van der Waals surface area (Å²) < 4.78 is 12.8. The second kappa shape index (κ2) is 11.1. The Morgan fingerprint density at radius 2 is 1.82 bits per heavy atom. The van der Waals surface area contributed by atoms with Crippen molar-refractivity contribution in [2.45, 2.75) is 26.2 Å². The van der Waals surface area contributed by atoms with Gasteiger partial charge >= 0.3 is 0 Å². The number of amides is 1. The summed E-state index contributed by atoms with van der Waals surface area (Å²) >= 11 is 0. The van der Waals surface area contributed by atoms with Crippen molar-refractivity contribution < 1.29 is 14.1 Å². The van der Waals surface area contributed by atoms with E-state index in [2.05, 4.69) is 27.5 Å². The fraction of sp³-hybridized carbons (Fsp3) is 0.267. The number of anilines is 1. The summed E-state index contributed by atoms with van der Waals surface area (Å²) in [4.78, 5) is 19.5. The average Bonchev–Trinajstić information content (AvgIpc) is 3.71. The Kier molecular flexibility index (Phi) is 7.05. The van der Waals surface area contributed by atoms with Crippen molar-refractivity contribution >= 4 is 17.2 Å². The van der Waals surface area contributed by atoms with Crippen LogP contribution in [0.3, 0.4) is 0 Å². The Morgan fingerprint density at radius 1 is 1.03 bits per heavy atom. The van der Waals surface area contributed by atoms with Gasteiger partial charge in [-0.25, -0.2) is 9.50 Å². The topological polar surface area (TPSA) is 97.8 Å². The maximum atomic E-state index is 12.3. The number of aryl methyl sites for hydroxylation is 1. The third kappa shape index (κ3) is 5.83. The van der Waals surface area contributed by atoms with Gasteiger partial charge in [0.25, 0.3) is 5.91 Å². The smallest absolute Gasteiger partial charge is 0.294 e. The number of nitrogens with zero attached hydrogens (tertiary/aromatic N) is 5. The number of benzene rings is 2. The van der Waals surface area contributed by atoms with Crippen LogP contribution >= 0.6 is 0 Å². The summed E-state index contributed by atoms with van der Waals surface area (Å²) in [5.41, 5.74) is 5.10. The molecule has 1 aliphatic heterocycles. The maximum absolute atomic E-state index is 12.3. The third-order valence-corrected chi connectivity index (χ3v) is 6.85. The first-order valence-electron chi connectivity index (χ1n) is 13.2. The molecule has 3 aromatic heterocycles. The quantitative estimate of drug-likeness (QED) is 0.291. The first-order valence-corrected chi connectivity index (χ1v) is 13.2. The summed E-state index contributed by atoms with van der Waals surface area (Å²) in [5.74, 6) is 1.47. The lowest BCUT2D eigenvalue weighted by atomic mass is 10.1. The number of pyridine rings is 1. The Balaban J connectivity index is 1.11. The molecule has 1 aliphatic rings. The average molecular weight is 523 g/mol. The van der Waals surface area contributed by atoms with Crippen molar-refractivity contribution in [3.63, 3.8) is 0 Å². The molecule has 0 aliphatic carbocycles. The van der Waals surface area contributed by atoms with Crippen molar-refractivity contribution in [3.8, 4) is 17.0 Å². The molecule has 0 bridgehead atoms. The number of carbonyl (C=O) groups is 1. The molecular weight excluding hydrogens is 492 g/mol. The molecule has 1 amide bonds. The number of hydrogen-bond donors (Lipinski definition) is 1. The first kappa shape index (κ1) is 24.8. The van der Waals surface area contributed by atoms with Gasteiger partial charge in [0.05, 0.1) is 11.4 Å².